The van der Waals surface area contributed by atoms with Gasteiger partial charge in [0.15, 0.2) is 5.78 Å². The Morgan fingerprint density at radius 3 is 2.30 bits per heavy atom. The van der Waals surface area contributed by atoms with Gasteiger partial charge < -0.3 is 9.47 Å². The Kier molecular flexibility index (Phi) is 6.36. The van der Waals surface area contributed by atoms with Gasteiger partial charge in [0.25, 0.3) is 0 Å². The van der Waals surface area contributed by atoms with Crippen LogP contribution in [0.25, 0.3) is 0 Å². The van der Waals surface area contributed by atoms with E-state index in [9.17, 15) is 9.59 Å². The second kappa shape index (κ2) is 8.73. The number of esters is 1. The van der Waals surface area contributed by atoms with Gasteiger partial charge in [-0.05, 0) is 43.2 Å². The molecule has 120 valence electrons. The van der Waals surface area contributed by atoms with Gasteiger partial charge in [-0.15, -0.1) is 0 Å². The molecule has 0 saturated heterocycles. The standard InChI is InChI=1S/C19H20O4/c1-15(20)17-9-11-18(12-10-17)22-13-5-8-19(21)23-14-16-6-3-2-4-7-16/h2-4,6-7,9-12H,5,8,13-14H2,1H3. The minimum Gasteiger partial charge on any atom is -0.494 e. The fourth-order valence-corrected chi connectivity index (χ4v) is 2.00. The van der Waals surface area contributed by atoms with Crippen molar-refractivity contribution < 1.29 is 19.1 Å². The Balaban J connectivity index is 1.63. The van der Waals surface area contributed by atoms with E-state index in [1.165, 1.54) is 6.92 Å². The molecule has 2 aromatic rings. The molecular weight excluding hydrogens is 292 g/mol. The molecule has 0 spiro atoms. The van der Waals surface area contributed by atoms with Crippen molar-refractivity contribution in [2.24, 2.45) is 0 Å². The summed E-state index contributed by atoms with van der Waals surface area (Å²) >= 11 is 0. The number of Topliss-reactive ketones (excluding diaryl/α,β-unsaturated/α-hetero) is 1. The van der Waals surface area contributed by atoms with Crippen LogP contribution in [0.2, 0.25) is 0 Å². The third kappa shape index (κ3) is 5.94. The molecule has 0 aliphatic rings. The number of ether oxygens (including phenoxy) is 2. The first-order chi connectivity index (χ1) is 11.1. The third-order valence-electron chi connectivity index (χ3n) is 3.30. The predicted octanol–water partition coefficient (Wildman–Crippen LogP) is 3.79. The van der Waals surface area contributed by atoms with Crippen LogP contribution in [0.4, 0.5) is 0 Å². The average molecular weight is 312 g/mol. The Morgan fingerprint density at radius 1 is 0.957 bits per heavy atom. The van der Waals surface area contributed by atoms with E-state index in [2.05, 4.69) is 0 Å². The zero-order valence-corrected chi connectivity index (χ0v) is 13.2. The molecule has 0 aliphatic heterocycles. The number of benzene rings is 2. The Hall–Kier alpha value is -2.62. The second-order valence-corrected chi connectivity index (χ2v) is 5.18. The average Bonchev–Trinajstić information content (AvgIpc) is 2.58. The smallest absolute Gasteiger partial charge is 0.306 e. The van der Waals surface area contributed by atoms with Crippen molar-refractivity contribution in [1.82, 2.24) is 0 Å². The van der Waals surface area contributed by atoms with E-state index < -0.39 is 0 Å². The molecule has 0 amide bonds. The van der Waals surface area contributed by atoms with Gasteiger partial charge >= 0.3 is 5.97 Å². The predicted molar refractivity (Wildman–Crippen MR) is 87.4 cm³/mol. The molecule has 0 unspecified atom stereocenters. The lowest BCUT2D eigenvalue weighted by Gasteiger charge is -2.07. The Labute approximate surface area is 136 Å². The monoisotopic (exact) mass is 312 g/mol. The molecule has 2 aromatic carbocycles. The summed E-state index contributed by atoms with van der Waals surface area (Å²) in [4.78, 5) is 22.8. The lowest BCUT2D eigenvalue weighted by atomic mass is 10.1. The van der Waals surface area contributed by atoms with Gasteiger partial charge in [0.2, 0.25) is 0 Å². The van der Waals surface area contributed by atoms with E-state index >= 15 is 0 Å². The lowest BCUT2D eigenvalue weighted by molar-refractivity contribution is -0.145. The summed E-state index contributed by atoms with van der Waals surface area (Å²) in [5.41, 5.74) is 1.63. The number of carbonyl (C=O) groups is 2. The molecule has 4 nitrogen and oxygen atoms in total. The van der Waals surface area contributed by atoms with E-state index in [0.717, 1.165) is 5.56 Å². The molecule has 0 heterocycles. The molecule has 0 saturated carbocycles. The van der Waals surface area contributed by atoms with Crippen molar-refractivity contribution in [1.29, 1.82) is 0 Å². The summed E-state index contributed by atoms with van der Waals surface area (Å²) in [7, 11) is 0. The van der Waals surface area contributed by atoms with Crippen molar-refractivity contribution >= 4 is 11.8 Å². The van der Waals surface area contributed by atoms with Crippen molar-refractivity contribution in [3.8, 4) is 5.75 Å². The van der Waals surface area contributed by atoms with Crippen molar-refractivity contribution in [2.75, 3.05) is 6.61 Å². The van der Waals surface area contributed by atoms with Gasteiger partial charge in [0, 0.05) is 12.0 Å². The quantitative estimate of drug-likeness (QED) is 0.423. The van der Waals surface area contributed by atoms with E-state index in [1.54, 1.807) is 24.3 Å². The summed E-state index contributed by atoms with van der Waals surface area (Å²) in [6.07, 6.45) is 0.903. The summed E-state index contributed by atoms with van der Waals surface area (Å²) in [6, 6.07) is 16.5. The van der Waals surface area contributed by atoms with Crippen LogP contribution in [0.15, 0.2) is 54.6 Å². The maximum atomic E-state index is 11.6. The highest BCUT2D eigenvalue weighted by Crippen LogP contribution is 2.13. The fourth-order valence-electron chi connectivity index (χ4n) is 2.00. The van der Waals surface area contributed by atoms with Crippen LogP contribution in [-0.2, 0) is 16.1 Å². The lowest BCUT2D eigenvalue weighted by Crippen LogP contribution is -2.07. The number of hydrogen-bond acceptors (Lipinski definition) is 4. The van der Waals surface area contributed by atoms with E-state index in [1.807, 2.05) is 30.3 Å². The second-order valence-electron chi connectivity index (χ2n) is 5.18. The highest BCUT2D eigenvalue weighted by atomic mass is 16.5. The summed E-state index contributed by atoms with van der Waals surface area (Å²) < 4.78 is 10.7. The molecule has 4 heteroatoms. The minimum absolute atomic E-state index is 0.0257. The fraction of sp³-hybridized carbons (Fsp3) is 0.263. The molecule has 0 radical (unpaired) electrons. The molecule has 0 bridgehead atoms. The largest absolute Gasteiger partial charge is 0.494 e. The Morgan fingerprint density at radius 2 is 1.65 bits per heavy atom. The van der Waals surface area contributed by atoms with Crippen LogP contribution in [0.3, 0.4) is 0 Å². The highest BCUT2D eigenvalue weighted by Gasteiger charge is 2.04. The number of carbonyl (C=O) groups excluding carboxylic acids is 2. The number of hydrogen-bond donors (Lipinski definition) is 0. The van der Waals surface area contributed by atoms with Gasteiger partial charge in [0.1, 0.15) is 12.4 Å². The first-order valence-corrected chi connectivity index (χ1v) is 7.58. The molecule has 2 rings (SSSR count). The molecule has 0 fully saturated rings. The maximum Gasteiger partial charge on any atom is 0.306 e. The molecule has 0 aromatic heterocycles. The van der Waals surface area contributed by atoms with Crippen LogP contribution < -0.4 is 4.74 Å². The van der Waals surface area contributed by atoms with Crippen LogP contribution in [-0.4, -0.2) is 18.4 Å². The van der Waals surface area contributed by atoms with Crippen LogP contribution in [0, 0.1) is 0 Å². The molecular formula is C19H20O4. The molecule has 0 aliphatic carbocycles. The summed E-state index contributed by atoms with van der Waals surface area (Å²) in [6.45, 7) is 2.25. The Bertz CT molecular complexity index is 632. The van der Waals surface area contributed by atoms with Crippen LogP contribution in [0.1, 0.15) is 35.7 Å². The number of rotatable bonds is 8. The SMILES string of the molecule is CC(=O)c1ccc(OCCCC(=O)OCc2ccccc2)cc1. The zero-order chi connectivity index (χ0) is 16.5. The maximum absolute atomic E-state index is 11.6. The highest BCUT2D eigenvalue weighted by molar-refractivity contribution is 5.94. The third-order valence-corrected chi connectivity index (χ3v) is 3.30. The molecule has 0 N–H and O–H groups in total. The topological polar surface area (TPSA) is 52.6 Å². The van der Waals surface area contributed by atoms with Crippen LogP contribution >= 0.6 is 0 Å². The molecule has 0 atom stereocenters. The first-order valence-electron chi connectivity index (χ1n) is 7.58. The zero-order valence-electron chi connectivity index (χ0n) is 13.2. The van der Waals surface area contributed by atoms with Gasteiger partial charge in [-0.1, -0.05) is 30.3 Å². The van der Waals surface area contributed by atoms with Gasteiger partial charge in [-0.2, -0.15) is 0 Å². The van der Waals surface area contributed by atoms with E-state index in [-0.39, 0.29) is 11.8 Å². The van der Waals surface area contributed by atoms with Crippen molar-refractivity contribution in [3.63, 3.8) is 0 Å². The minimum atomic E-state index is -0.232. The summed E-state index contributed by atoms with van der Waals surface area (Å²) in [5.74, 6) is 0.481. The molecule has 23 heavy (non-hydrogen) atoms. The summed E-state index contributed by atoms with van der Waals surface area (Å²) in [5, 5.41) is 0. The van der Waals surface area contributed by atoms with Gasteiger partial charge in [-0.3, -0.25) is 9.59 Å². The van der Waals surface area contributed by atoms with E-state index in [0.29, 0.717) is 37.4 Å². The normalized spacial score (nSPS) is 10.1. The van der Waals surface area contributed by atoms with Crippen LogP contribution in [0.5, 0.6) is 5.75 Å². The van der Waals surface area contributed by atoms with E-state index in [4.69, 9.17) is 9.47 Å². The van der Waals surface area contributed by atoms with Gasteiger partial charge in [-0.25, -0.2) is 0 Å². The first kappa shape index (κ1) is 16.7. The van der Waals surface area contributed by atoms with Crippen molar-refractivity contribution in [3.05, 3.63) is 65.7 Å². The van der Waals surface area contributed by atoms with Gasteiger partial charge in [0.05, 0.1) is 6.61 Å². The van der Waals surface area contributed by atoms with Crippen molar-refractivity contribution in [2.45, 2.75) is 26.4 Å². The number of ketones is 1.